The zero-order chi connectivity index (χ0) is 32.2. The summed E-state index contributed by atoms with van der Waals surface area (Å²) in [7, 11) is 3.95. The molecule has 0 radical (unpaired) electrons. The average molecular weight is 624 g/mol. The monoisotopic (exact) mass is 623 g/mol. The molecule has 12 heteroatoms. The number of fused-ring (bicyclic) bond motifs is 2. The molecular weight excluding hydrogens is 588 g/mol. The lowest BCUT2D eigenvalue weighted by Gasteiger charge is -2.20. The first-order chi connectivity index (χ1) is 22.3. The minimum atomic E-state index is -0.551. The number of nitrogens with one attached hydrogen (secondary N) is 4. The number of halogens is 2. The lowest BCUT2D eigenvalue weighted by Crippen LogP contribution is -2.20. The summed E-state index contributed by atoms with van der Waals surface area (Å²) in [5.74, 6) is -0.623. The SMILES string of the molecule is CCCCC(=O)Nc1cncc(-c2ncc3c(c2F)C(c2nc4c(-c5cc(F)cc(NCCN(C)C)c5)nccc4[nH]2)=CCN3)c1. The van der Waals surface area contributed by atoms with Crippen LogP contribution in [0.15, 0.2) is 61.2 Å². The van der Waals surface area contributed by atoms with Crippen molar-refractivity contribution in [2.24, 2.45) is 0 Å². The van der Waals surface area contributed by atoms with Gasteiger partial charge in [-0.1, -0.05) is 19.4 Å². The highest BCUT2D eigenvalue weighted by atomic mass is 19.1. The van der Waals surface area contributed by atoms with Crippen LogP contribution in [-0.4, -0.2) is 69.5 Å². The Balaban J connectivity index is 1.35. The summed E-state index contributed by atoms with van der Waals surface area (Å²) in [6.45, 7) is 3.90. The van der Waals surface area contributed by atoms with Crippen molar-refractivity contribution in [1.82, 2.24) is 29.8 Å². The van der Waals surface area contributed by atoms with Gasteiger partial charge in [-0.05, 0) is 50.8 Å². The third-order valence-corrected chi connectivity index (χ3v) is 7.66. The van der Waals surface area contributed by atoms with Crippen LogP contribution in [0.25, 0.3) is 39.1 Å². The standard InChI is InChI=1S/C34H35F2N9O/c1-4-5-6-28(46)42-24-15-21(17-37-18-24)31-30(36)29-25(7-9-39-27(29)19-41-31)34-43-26-8-10-40-32(33(26)44-34)20-13-22(35)16-23(14-20)38-11-12-45(2)3/h7-8,10,13-19,38-39H,4-6,9,11-12H2,1-3H3,(H,42,46)(H,43,44). The van der Waals surface area contributed by atoms with Gasteiger partial charge < -0.3 is 25.8 Å². The zero-order valence-electron chi connectivity index (χ0n) is 25.9. The van der Waals surface area contributed by atoms with Crippen LogP contribution in [0, 0.1) is 11.6 Å². The first-order valence-corrected chi connectivity index (χ1v) is 15.2. The molecule has 0 bridgehead atoms. The molecule has 0 spiro atoms. The van der Waals surface area contributed by atoms with E-state index in [9.17, 15) is 9.18 Å². The predicted octanol–water partition coefficient (Wildman–Crippen LogP) is 6.32. The Morgan fingerprint density at radius 1 is 1.02 bits per heavy atom. The number of carbonyl (C=O) groups excluding carboxylic acids is 1. The predicted molar refractivity (Wildman–Crippen MR) is 177 cm³/mol. The summed E-state index contributed by atoms with van der Waals surface area (Å²) >= 11 is 0. The number of likely N-dealkylation sites (N-methyl/N-ethyl adjacent to an activating group) is 1. The molecule has 0 unspecified atom stereocenters. The van der Waals surface area contributed by atoms with E-state index in [1.807, 2.05) is 38.1 Å². The quantitative estimate of drug-likeness (QED) is 0.135. The fourth-order valence-corrected chi connectivity index (χ4v) is 5.39. The molecule has 1 amide bonds. The van der Waals surface area contributed by atoms with Crippen LogP contribution in [0.5, 0.6) is 0 Å². The van der Waals surface area contributed by atoms with Crippen LogP contribution in [0.2, 0.25) is 0 Å². The molecule has 1 aliphatic rings. The summed E-state index contributed by atoms with van der Waals surface area (Å²) in [4.78, 5) is 35.7. The van der Waals surface area contributed by atoms with Gasteiger partial charge in [0.25, 0.3) is 0 Å². The molecule has 4 aromatic heterocycles. The van der Waals surface area contributed by atoms with Crippen molar-refractivity contribution in [3.8, 4) is 22.5 Å². The van der Waals surface area contributed by atoms with Crippen molar-refractivity contribution < 1.29 is 13.6 Å². The third-order valence-electron chi connectivity index (χ3n) is 7.66. The van der Waals surface area contributed by atoms with Crippen LogP contribution in [0.1, 0.15) is 37.6 Å². The van der Waals surface area contributed by atoms with E-state index in [2.05, 4.69) is 35.9 Å². The van der Waals surface area contributed by atoms with E-state index in [0.29, 0.717) is 81.4 Å². The van der Waals surface area contributed by atoms with Gasteiger partial charge in [0.05, 0.1) is 35.0 Å². The van der Waals surface area contributed by atoms with Crippen LogP contribution in [0.3, 0.4) is 0 Å². The molecule has 0 saturated heterocycles. The Labute approximate surface area is 265 Å². The van der Waals surface area contributed by atoms with E-state index in [4.69, 9.17) is 4.98 Å². The van der Waals surface area contributed by atoms with Crippen molar-refractivity contribution in [3.63, 3.8) is 0 Å². The number of anilines is 3. The number of amides is 1. The second-order valence-corrected chi connectivity index (χ2v) is 11.4. The van der Waals surface area contributed by atoms with E-state index in [1.54, 1.807) is 24.5 Å². The Bertz CT molecular complexity index is 1940. The first-order valence-electron chi connectivity index (χ1n) is 15.2. The highest BCUT2D eigenvalue weighted by molar-refractivity contribution is 5.95. The van der Waals surface area contributed by atoms with Crippen molar-refractivity contribution >= 4 is 39.6 Å². The third kappa shape index (κ3) is 6.57. The number of imidazole rings is 1. The number of H-pyrrole nitrogens is 1. The fraction of sp³-hybridized carbons (Fsp3) is 0.265. The molecule has 5 heterocycles. The van der Waals surface area contributed by atoms with Gasteiger partial charge in [-0.25, -0.2) is 13.8 Å². The summed E-state index contributed by atoms with van der Waals surface area (Å²) in [5, 5.41) is 9.28. The van der Waals surface area contributed by atoms with Crippen LogP contribution in [0.4, 0.5) is 25.8 Å². The number of aromatic nitrogens is 5. The zero-order valence-corrected chi connectivity index (χ0v) is 25.9. The molecule has 5 aromatic rings. The van der Waals surface area contributed by atoms with Gasteiger partial charge in [-0.15, -0.1) is 0 Å². The second kappa shape index (κ2) is 13.4. The Kier molecular flexibility index (Phi) is 8.97. The molecule has 6 rings (SSSR count). The molecule has 0 atom stereocenters. The molecule has 236 valence electrons. The number of pyridine rings is 3. The van der Waals surface area contributed by atoms with Gasteiger partial charge in [0.15, 0.2) is 5.82 Å². The van der Waals surface area contributed by atoms with Gasteiger partial charge >= 0.3 is 0 Å². The number of hydrogen-bond acceptors (Lipinski definition) is 8. The maximum atomic E-state index is 16.4. The smallest absolute Gasteiger partial charge is 0.224 e. The Morgan fingerprint density at radius 3 is 2.70 bits per heavy atom. The molecule has 0 fully saturated rings. The largest absolute Gasteiger partial charge is 0.384 e. The molecule has 4 N–H and O–H groups in total. The minimum absolute atomic E-state index is 0.0954. The number of benzene rings is 1. The fourth-order valence-electron chi connectivity index (χ4n) is 5.39. The molecule has 0 aliphatic carbocycles. The maximum absolute atomic E-state index is 16.4. The van der Waals surface area contributed by atoms with Crippen molar-refractivity contribution in [1.29, 1.82) is 0 Å². The lowest BCUT2D eigenvalue weighted by molar-refractivity contribution is -0.116. The number of aromatic amines is 1. The lowest BCUT2D eigenvalue weighted by atomic mass is 9.98. The second-order valence-electron chi connectivity index (χ2n) is 11.4. The van der Waals surface area contributed by atoms with Crippen LogP contribution in [-0.2, 0) is 4.79 Å². The Hall–Kier alpha value is -5.23. The van der Waals surface area contributed by atoms with Gasteiger partial charge in [0, 0.05) is 66.4 Å². The molecule has 1 aromatic carbocycles. The first kappa shape index (κ1) is 30.8. The maximum Gasteiger partial charge on any atom is 0.224 e. The summed E-state index contributed by atoms with van der Waals surface area (Å²) in [6.07, 6.45) is 10.2. The highest BCUT2D eigenvalue weighted by Crippen LogP contribution is 2.38. The van der Waals surface area contributed by atoms with Crippen LogP contribution < -0.4 is 16.0 Å². The molecule has 10 nitrogen and oxygen atoms in total. The van der Waals surface area contributed by atoms with E-state index in [0.717, 1.165) is 19.4 Å². The van der Waals surface area contributed by atoms with E-state index in [-0.39, 0.29) is 11.6 Å². The number of rotatable bonds is 11. The highest BCUT2D eigenvalue weighted by Gasteiger charge is 2.25. The van der Waals surface area contributed by atoms with Crippen molar-refractivity contribution in [2.75, 3.05) is 49.7 Å². The van der Waals surface area contributed by atoms with Gasteiger partial charge in [-0.2, -0.15) is 0 Å². The normalized spacial score (nSPS) is 12.5. The van der Waals surface area contributed by atoms with E-state index >= 15 is 4.39 Å². The molecule has 1 aliphatic heterocycles. The number of unbranched alkanes of at least 4 members (excludes halogenated alkanes) is 1. The minimum Gasteiger partial charge on any atom is -0.384 e. The molecule has 46 heavy (non-hydrogen) atoms. The molecular formula is C34H35F2N9O. The summed E-state index contributed by atoms with van der Waals surface area (Å²) in [6, 6.07) is 8.17. The molecule has 0 saturated carbocycles. The topological polar surface area (TPSA) is 124 Å². The van der Waals surface area contributed by atoms with Gasteiger partial charge in [0.2, 0.25) is 5.91 Å². The van der Waals surface area contributed by atoms with Crippen molar-refractivity contribution in [2.45, 2.75) is 26.2 Å². The average Bonchev–Trinajstić information content (AvgIpc) is 3.48. The number of carbonyl (C=O) groups is 1. The summed E-state index contributed by atoms with van der Waals surface area (Å²) < 4.78 is 31.1. The van der Waals surface area contributed by atoms with Gasteiger partial charge in [0.1, 0.15) is 22.9 Å². The van der Waals surface area contributed by atoms with E-state index < -0.39 is 11.6 Å². The Morgan fingerprint density at radius 2 is 1.87 bits per heavy atom. The van der Waals surface area contributed by atoms with E-state index in [1.165, 1.54) is 24.5 Å². The number of hydrogen-bond donors (Lipinski definition) is 4. The van der Waals surface area contributed by atoms with Crippen LogP contribution >= 0.6 is 0 Å². The summed E-state index contributed by atoms with van der Waals surface area (Å²) in [5.41, 5.74) is 5.31. The van der Waals surface area contributed by atoms with Gasteiger partial charge in [-0.3, -0.25) is 19.7 Å². The van der Waals surface area contributed by atoms with Crippen molar-refractivity contribution in [3.05, 3.63) is 84.2 Å². The number of nitrogens with zero attached hydrogens (tertiary/aromatic N) is 5.